The van der Waals surface area contributed by atoms with Gasteiger partial charge < -0.3 is 0 Å². The molecule has 0 unspecified atom stereocenters. The van der Waals surface area contributed by atoms with Crippen molar-refractivity contribution in [2.45, 2.75) is 119 Å². The first-order valence-electron chi connectivity index (χ1n) is 11.6. The molecular weight excluding hydrogens is 300 g/mol. The topological polar surface area (TPSA) is 0 Å². The summed E-state index contributed by atoms with van der Waals surface area (Å²) in [7, 11) is 0. The second-order valence-electron chi connectivity index (χ2n) is 9.77. The zero-order valence-corrected chi connectivity index (χ0v) is 18.4. The van der Waals surface area contributed by atoms with Gasteiger partial charge in [0.05, 0.1) is 0 Å². The fourth-order valence-electron chi connectivity index (χ4n) is 4.86. The number of unbranched alkanes of at least 4 members (excludes halogenated alkanes) is 5. The van der Waals surface area contributed by atoms with Crippen molar-refractivity contribution in [2.24, 2.45) is 29.1 Å². The highest BCUT2D eigenvalue weighted by molar-refractivity contribution is 5.03. The maximum Gasteiger partial charge on any atom is -0.0146 e. The summed E-state index contributed by atoms with van der Waals surface area (Å²) < 4.78 is 0. The summed E-state index contributed by atoms with van der Waals surface area (Å²) in [4.78, 5) is 0. The Morgan fingerprint density at radius 3 is 2.20 bits per heavy atom. The van der Waals surface area contributed by atoms with Crippen LogP contribution in [0.15, 0.2) is 12.2 Å². The Kier molecular flexibility index (Phi) is 11.1. The van der Waals surface area contributed by atoms with E-state index in [0.29, 0.717) is 5.41 Å². The normalized spacial score (nSPS) is 27.1. The van der Waals surface area contributed by atoms with Gasteiger partial charge in [-0.05, 0) is 54.8 Å². The van der Waals surface area contributed by atoms with Gasteiger partial charge in [-0.3, -0.25) is 0 Å². The lowest BCUT2D eigenvalue weighted by Gasteiger charge is -2.37. The van der Waals surface area contributed by atoms with Crippen LogP contribution in [0.2, 0.25) is 0 Å². The molecule has 148 valence electrons. The van der Waals surface area contributed by atoms with Gasteiger partial charge in [-0.1, -0.05) is 105 Å². The third-order valence-corrected chi connectivity index (χ3v) is 6.77. The van der Waals surface area contributed by atoms with E-state index >= 15 is 0 Å². The lowest BCUT2D eigenvalue weighted by molar-refractivity contribution is 0.177. The third kappa shape index (κ3) is 8.78. The molecule has 0 bridgehead atoms. The molecule has 0 radical (unpaired) electrons. The Labute approximate surface area is 160 Å². The van der Waals surface area contributed by atoms with Crippen molar-refractivity contribution < 1.29 is 0 Å². The third-order valence-electron chi connectivity index (χ3n) is 6.77. The van der Waals surface area contributed by atoms with Gasteiger partial charge in [0.1, 0.15) is 0 Å². The van der Waals surface area contributed by atoms with E-state index in [0.717, 1.165) is 23.7 Å². The number of rotatable bonds is 12. The largest absolute Gasteiger partial charge is 0.0846 e. The van der Waals surface area contributed by atoms with Crippen molar-refractivity contribution in [3.63, 3.8) is 0 Å². The van der Waals surface area contributed by atoms with E-state index < -0.39 is 0 Å². The van der Waals surface area contributed by atoms with Crippen LogP contribution < -0.4 is 0 Å². The Bertz CT molecular complexity index is 353. The molecule has 0 nitrogen and oxygen atoms in total. The molecule has 0 N–H and O–H groups in total. The molecule has 0 heteroatoms. The highest BCUT2D eigenvalue weighted by atomic mass is 14.3. The van der Waals surface area contributed by atoms with E-state index in [2.05, 4.69) is 53.7 Å². The summed E-state index contributed by atoms with van der Waals surface area (Å²) in [5, 5.41) is 0. The van der Waals surface area contributed by atoms with Crippen molar-refractivity contribution in [1.29, 1.82) is 0 Å². The quantitative estimate of drug-likeness (QED) is 0.244. The predicted octanol–water partition coefficient (Wildman–Crippen LogP) is 8.81. The van der Waals surface area contributed by atoms with Gasteiger partial charge in [0.25, 0.3) is 0 Å². The summed E-state index contributed by atoms with van der Waals surface area (Å²) in [5.41, 5.74) is 0.435. The molecule has 1 fully saturated rings. The minimum absolute atomic E-state index is 0.435. The summed E-state index contributed by atoms with van der Waals surface area (Å²) >= 11 is 0. The van der Waals surface area contributed by atoms with Crippen LogP contribution in [0.3, 0.4) is 0 Å². The second kappa shape index (κ2) is 12.2. The van der Waals surface area contributed by atoms with E-state index in [1.54, 1.807) is 0 Å². The monoisotopic (exact) mass is 348 g/mol. The average Bonchev–Trinajstić information content (AvgIpc) is 2.58. The van der Waals surface area contributed by atoms with Gasteiger partial charge >= 0.3 is 0 Å². The number of hydrogen-bond acceptors (Lipinski definition) is 0. The Balaban J connectivity index is 2.67. The molecule has 0 aromatic rings. The lowest BCUT2D eigenvalue weighted by atomic mass is 9.69. The minimum atomic E-state index is 0.435. The van der Waals surface area contributed by atoms with Crippen LogP contribution in [0.1, 0.15) is 119 Å². The fraction of sp³-hybridized carbons (Fsp3) is 0.920. The van der Waals surface area contributed by atoms with E-state index in [4.69, 9.17) is 0 Å². The van der Waals surface area contributed by atoms with Gasteiger partial charge in [-0.15, -0.1) is 0 Å². The molecule has 1 rings (SSSR count). The summed E-state index contributed by atoms with van der Waals surface area (Å²) in [6.07, 6.45) is 22.2. The molecule has 4 atom stereocenters. The van der Waals surface area contributed by atoms with Crippen molar-refractivity contribution >= 4 is 0 Å². The van der Waals surface area contributed by atoms with Gasteiger partial charge in [-0.2, -0.15) is 0 Å². The first kappa shape index (κ1) is 22.8. The Hall–Kier alpha value is -0.260. The molecule has 25 heavy (non-hydrogen) atoms. The van der Waals surface area contributed by atoms with Crippen LogP contribution in [0.5, 0.6) is 0 Å². The van der Waals surface area contributed by atoms with Crippen molar-refractivity contribution in [1.82, 2.24) is 0 Å². The van der Waals surface area contributed by atoms with E-state index in [1.165, 1.54) is 77.0 Å². The van der Waals surface area contributed by atoms with Crippen LogP contribution in [0.25, 0.3) is 0 Å². The Morgan fingerprint density at radius 2 is 1.56 bits per heavy atom. The molecule has 0 amide bonds. The van der Waals surface area contributed by atoms with Crippen molar-refractivity contribution in [2.75, 3.05) is 0 Å². The number of hydrogen-bond donors (Lipinski definition) is 0. The van der Waals surface area contributed by atoms with Crippen molar-refractivity contribution in [3.05, 3.63) is 12.2 Å². The SMILES string of the molecule is CCCCCCC[C@@](C)(C=C[C@@H]1C[C@H](C)CC[C@@H]1C(C)C)CCCC. The molecule has 1 aliphatic rings. The average molecular weight is 349 g/mol. The van der Waals surface area contributed by atoms with Gasteiger partial charge in [0, 0.05) is 0 Å². The molecule has 1 aliphatic carbocycles. The summed E-state index contributed by atoms with van der Waals surface area (Å²) in [5.74, 6) is 3.48. The van der Waals surface area contributed by atoms with E-state index in [-0.39, 0.29) is 0 Å². The zero-order valence-electron chi connectivity index (χ0n) is 18.4. The Morgan fingerprint density at radius 1 is 0.920 bits per heavy atom. The van der Waals surface area contributed by atoms with Gasteiger partial charge in [0.2, 0.25) is 0 Å². The fourth-order valence-corrected chi connectivity index (χ4v) is 4.86. The van der Waals surface area contributed by atoms with E-state index in [9.17, 15) is 0 Å². The molecule has 0 heterocycles. The molecule has 0 aromatic carbocycles. The van der Waals surface area contributed by atoms with E-state index in [1.807, 2.05) is 0 Å². The molecule has 0 saturated heterocycles. The molecule has 0 aromatic heterocycles. The summed E-state index contributed by atoms with van der Waals surface area (Å²) in [6, 6.07) is 0. The first-order chi connectivity index (χ1) is 11.9. The summed E-state index contributed by atoms with van der Waals surface area (Å²) in [6.45, 7) is 14.5. The molecule has 1 saturated carbocycles. The van der Waals surface area contributed by atoms with Gasteiger partial charge in [0.15, 0.2) is 0 Å². The second-order valence-corrected chi connectivity index (χ2v) is 9.77. The zero-order chi connectivity index (χ0) is 18.7. The van der Waals surface area contributed by atoms with Crippen LogP contribution in [0.4, 0.5) is 0 Å². The number of allylic oxidation sites excluding steroid dienone is 2. The smallest absolute Gasteiger partial charge is 0.0146 e. The maximum atomic E-state index is 2.67. The standard InChI is InChI=1S/C25H48/c1-7-9-11-12-13-18-25(6,17-10-8-2)19-16-23-20-22(5)14-15-24(23)21(3)4/h16,19,21-24H,7-15,17-18,20H2,1-6H3/t22-,23-,24-,25+/m1/s1. The lowest BCUT2D eigenvalue weighted by Crippen LogP contribution is -2.27. The van der Waals surface area contributed by atoms with Crippen LogP contribution in [0, 0.1) is 29.1 Å². The van der Waals surface area contributed by atoms with Gasteiger partial charge in [-0.25, -0.2) is 0 Å². The molecular formula is C25H48. The minimum Gasteiger partial charge on any atom is -0.0846 e. The highest BCUT2D eigenvalue weighted by Crippen LogP contribution is 2.40. The molecule has 0 spiro atoms. The first-order valence-corrected chi connectivity index (χ1v) is 11.6. The van der Waals surface area contributed by atoms with Crippen LogP contribution in [-0.2, 0) is 0 Å². The molecule has 0 aliphatic heterocycles. The highest BCUT2D eigenvalue weighted by Gasteiger charge is 2.30. The predicted molar refractivity (Wildman–Crippen MR) is 115 cm³/mol. The van der Waals surface area contributed by atoms with Crippen LogP contribution in [-0.4, -0.2) is 0 Å². The van der Waals surface area contributed by atoms with Crippen LogP contribution >= 0.6 is 0 Å². The van der Waals surface area contributed by atoms with Crippen molar-refractivity contribution in [3.8, 4) is 0 Å². The maximum absolute atomic E-state index is 2.67.